The van der Waals surface area contributed by atoms with Crippen LogP contribution in [0.4, 0.5) is 0 Å². The van der Waals surface area contributed by atoms with E-state index in [9.17, 15) is 0 Å². The van der Waals surface area contributed by atoms with Crippen LogP contribution in [0.15, 0.2) is 28.7 Å². The second-order valence-electron chi connectivity index (χ2n) is 6.31. The number of hydrogen-bond donors (Lipinski definition) is 0. The van der Waals surface area contributed by atoms with Gasteiger partial charge in [0.15, 0.2) is 0 Å². The second kappa shape index (κ2) is 5.10. The zero-order valence-electron chi connectivity index (χ0n) is 12.8. The van der Waals surface area contributed by atoms with Gasteiger partial charge >= 0.3 is 0 Å². The molecule has 0 spiro atoms. The molecule has 0 saturated heterocycles. The molecule has 0 amide bonds. The molecule has 5 heteroatoms. The third kappa shape index (κ3) is 2.27. The molecule has 116 valence electrons. The summed E-state index contributed by atoms with van der Waals surface area (Å²) in [6.07, 6.45) is 2.57. The molecule has 2 fully saturated rings. The fourth-order valence-corrected chi connectivity index (χ4v) is 3.42. The van der Waals surface area contributed by atoms with E-state index in [1.807, 2.05) is 31.2 Å². The number of nitrogens with zero attached hydrogens (tertiary/aromatic N) is 2. The molecule has 0 radical (unpaired) electrons. The van der Waals surface area contributed by atoms with Gasteiger partial charge in [0.05, 0.1) is 41.7 Å². The van der Waals surface area contributed by atoms with Crippen LogP contribution in [-0.4, -0.2) is 16.9 Å². The van der Waals surface area contributed by atoms with E-state index in [4.69, 9.17) is 14.6 Å². The molecule has 0 N–H and O–H groups in total. The highest BCUT2D eigenvalue weighted by atomic mass is 79.9. The fourth-order valence-electron chi connectivity index (χ4n) is 3.06. The Bertz CT molecular complexity index is 702. The maximum atomic E-state index is 5.92. The lowest BCUT2D eigenvalue weighted by atomic mass is 10.2. The molecule has 22 heavy (non-hydrogen) atoms. The van der Waals surface area contributed by atoms with Crippen molar-refractivity contribution in [3.63, 3.8) is 0 Å². The summed E-state index contributed by atoms with van der Waals surface area (Å²) in [5, 5.41) is 4.71. The zero-order chi connectivity index (χ0) is 15.3. The van der Waals surface area contributed by atoms with Crippen LogP contribution in [0.3, 0.4) is 0 Å². The third-order valence-electron chi connectivity index (χ3n) is 4.80. The van der Waals surface area contributed by atoms with Gasteiger partial charge in [0.25, 0.3) is 0 Å². The number of rotatable bonds is 6. The standard InChI is InChI=1S/C17H19BrN2O2/c1-11-16(18)15(20(19-11)17-7-13(17)8-17)10-22-9-12-3-5-14(21-2)6-4-12/h3-6,13H,7-10H2,1-2H3. The number of hydrogen-bond acceptors (Lipinski definition) is 3. The minimum Gasteiger partial charge on any atom is -0.497 e. The number of aryl methyl sites for hydroxylation is 1. The Morgan fingerprint density at radius 1 is 1.27 bits per heavy atom. The quantitative estimate of drug-likeness (QED) is 0.783. The Kier molecular flexibility index (Phi) is 3.31. The number of halogens is 1. The normalized spacial score (nSPS) is 25.0. The predicted octanol–water partition coefficient (Wildman–Crippen LogP) is 3.80. The van der Waals surface area contributed by atoms with Crippen LogP contribution in [0.2, 0.25) is 0 Å². The van der Waals surface area contributed by atoms with Gasteiger partial charge in [-0.2, -0.15) is 5.10 Å². The van der Waals surface area contributed by atoms with Gasteiger partial charge in [0, 0.05) is 0 Å². The Morgan fingerprint density at radius 3 is 2.55 bits per heavy atom. The van der Waals surface area contributed by atoms with E-state index in [-0.39, 0.29) is 0 Å². The molecule has 2 aliphatic carbocycles. The molecule has 4 nitrogen and oxygen atoms in total. The van der Waals surface area contributed by atoms with Gasteiger partial charge in [-0.1, -0.05) is 12.1 Å². The van der Waals surface area contributed by atoms with Gasteiger partial charge in [0.1, 0.15) is 5.75 Å². The molecule has 0 atom stereocenters. The van der Waals surface area contributed by atoms with E-state index in [1.165, 1.54) is 18.5 Å². The van der Waals surface area contributed by atoms with Gasteiger partial charge in [-0.25, -0.2) is 0 Å². The van der Waals surface area contributed by atoms with E-state index in [1.54, 1.807) is 7.11 Å². The summed E-state index contributed by atoms with van der Waals surface area (Å²) in [5.74, 6) is 1.73. The molecule has 0 bridgehead atoms. The monoisotopic (exact) mass is 362 g/mol. The molecule has 1 heterocycles. The van der Waals surface area contributed by atoms with Crippen molar-refractivity contribution in [2.24, 2.45) is 5.92 Å². The molecular weight excluding hydrogens is 344 g/mol. The van der Waals surface area contributed by atoms with Crippen molar-refractivity contribution >= 4 is 15.9 Å². The lowest BCUT2D eigenvalue weighted by Gasteiger charge is -2.11. The van der Waals surface area contributed by atoms with Crippen LogP contribution in [-0.2, 0) is 23.5 Å². The summed E-state index contributed by atoms with van der Waals surface area (Å²) in [7, 11) is 1.68. The average Bonchev–Trinajstić information content (AvgIpc) is 3.37. The van der Waals surface area contributed by atoms with Gasteiger partial charge in [-0.15, -0.1) is 0 Å². The van der Waals surface area contributed by atoms with Crippen LogP contribution in [0, 0.1) is 12.8 Å². The van der Waals surface area contributed by atoms with Crippen molar-refractivity contribution in [2.45, 2.75) is 38.5 Å². The third-order valence-corrected chi connectivity index (χ3v) is 5.84. The van der Waals surface area contributed by atoms with Gasteiger partial charge < -0.3 is 9.47 Å². The van der Waals surface area contributed by atoms with E-state index in [2.05, 4.69) is 20.6 Å². The SMILES string of the molecule is COc1ccc(COCc2c(Br)c(C)nn2C23CC2C3)cc1. The largest absolute Gasteiger partial charge is 0.497 e. The highest BCUT2D eigenvalue weighted by Gasteiger charge is 2.72. The first-order valence-corrected chi connectivity index (χ1v) is 8.38. The summed E-state index contributed by atoms with van der Waals surface area (Å²) in [4.78, 5) is 0. The number of aromatic nitrogens is 2. The number of ether oxygens (including phenoxy) is 2. The predicted molar refractivity (Wildman–Crippen MR) is 86.8 cm³/mol. The van der Waals surface area contributed by atoms with Crippen molar-refractivity contribution < 1.29 is 9.47 Å². The van der Waals surface area contributed by atoms with Crippen molar-refractivity contribution in [1.29, 1.82) is 0 Å². The van der Waals surface area contributed by atoms with Crippen LogP contribution in [0.5, 0.6) is 5.75 Å². The first kappa shape index (κ1) is 14.3. The van der Waals surface area contributed by atoms with E-state index >= 15 is 0 Å². The highest BCUT2D eigenvalue weighted by molar-refractivity contribution is 9.10. The van der Waals surface area contributed by atoms with Crippen molar-refractivity contribution in [3.05, 3.63) is 45.7 Å². The van der Waals surface area contributed by atoms with Gasteiger partial charge in [-0.3, -0.25) is 4.68 Å². The van der Waals surface area contributed by atoms with Crippen molar-refractivity contribution in [1.82, 2.24) is 9.78 Å². The number of benzene rings is 1. The van der Waals surface area contributed by atoms with Crippen molar-refractivity contribution in [3.8, 4) is 5.75 Å². The van der Waals surface area contributed by atoms with Gasteiger partial charge in [0.2, 0.25) is 0 Å². The van der Waals surface area contributed by atoms with Crippen LogP contribution >= 0.6 is 15.9 Å². The topological polar surface area (TPSA) is 36.3 Å². The van der Waals surface area contributed by atoms with Crippen LogP contribution < -0.4 is 4.74 Å². The number of methoxy groups -OCH3 is 1. The highest BCUT2D eigenvalue weighted by Crippen LogP contribution is 2.72. The minimum atomic E-state index is 0.343. The Hall–Kier alpha value is -1.33. The number of fused-ring (bicyclic) bond motifs is 1. The zero-order valence-corrected chi connectivity index (χ0v) is 14.4. The maximum Gasteiger partial charge on any atom is 0.118 e. The van der Waals surface area contributed by atoms with E-state index in [0.717, 1.165) is 27.4 Å². The van der Waals surface area contributed by atoms with Crippen molar-refractivity contribution in [2.75, 3.05) is 7.11 Å². The lowest BCUT2D eigenvalue weighted by Crippen LogP contribution is -2.13. The van der Waals surface area contributed by atoms with E-state index < -0.39 is 0 Å². The average molecular weight is 363 g/mol. The van der Waals surface area contributed by atoms with E-state index in [0.29, 0.717) is 18.8 Å². The molecular formula is C17H19BrN2O2. The Labute approximate surface area is 138 Å². The smallest absolute Gasteiger partial charge is 0.118 e. The summed E-state index contributed by atoms with van der Waals surface area (Å²) in [6, 6.07) is 7.99. The first-order valence-electron chi connectivity index (χ1n) is 7.59. The first-order chi connectivity index (χ1) is 10.6. The fraction of sp³-hybridized carbons (Fsp3) is 0.471. The van der Waals surface area contributed by atoms with Crippen LogP contribution in [0.25, 0.3) is 0 Å². The Morgan fingerprint density at radius 2 is 1.95 bits per heavy atom. The molecule has 2 aromatic rings. The Balaban J connectivity index is 1.43. The summed E-state index contributed by atoms with van der Waals surface area (Å²) >= 11 is 3.67. The molecule has 1 aromatic heterocycles. The molecule has 0 aliphatic heterocycles. The summed E-state index contributed by atoms with van der Waals surface area (Å²) in [5.41, 5.74) is 3.71. The molecule has 4 rings (SSSR count). The second-order valence-corrected chi connectivity index (χ2v) is 7.10. The lowest BCUT2D eigenvalue weighted by molar-refractivity contribution is 0.0998. The molecule has 2 saturated carbocycles. The van der Waals surface area contributed by atoms with Crippen LogP contribution in [0.1, 0.15) is 29.8 Å². The van der Waals surface area contributed by atoms with Gasteiger partial charge in [-0.05, 0) is 59.3 Å². The summed E-state index contributed by atoms with van der Waals surface area (Å²) in [6.45, 7) is 3.23. The maximum absolute atomic E-state index is 5.92. The molecule has 0 unspecified atom stereocenters. The molecule has 2 aliphatic rings. The minimum absolute atomic E-state index is 0.343. The molecule has 1 aromatic carbocycles. The summed E-state index contributed by atoms with van der Waals surface area (Å²) < 4.78 is 14.4.